The molecule has 0 aromatic carbocycles. The number of rotatable bonds is 13. The number of hydrazine groups is 1. The van der Waals surface area contributed by atoms with Gasteiger partial charge in [0.15, 0.2) is 5.03 Å². The van der Waals surface area contributed by atoms with Crippen molar-refractivity contribution in [2.45, 2.75) is 90.8 Å². The molecule has 4 rings (SSSR count). The van der Waals surface area contributed by atoms with Crippen molar-refractivity contribution >= 4 is 24.8 Å². The summed E-state index contributed by atoms with van der Waals surface area (Å²) >= 11 is 0. The molecule has 2 bridgehead atoms. The van der Waals surface area contributed by atoms with Gasteiger partial charge in [0.1, 0.15) is 5.78 Å². The summed E-state index contributed by atoms with van der Waals surface area (Å²) in [5.41, 5.74) is 12.6. The van der Waals surface area contributed by atoms with E-state index in [2.05, 4.69) is 44.9 Å². The molecule has 12 nitrogen and oxygen atoms in total. The number of nitro groups is 1. The van der Waals surface area contributed by atoms with Gasteiger partial charge in [-0.15, -0.1) is 0 Å². The number of carbonyl (C=O) groups excluding carboxylic acids is 2. The van der Waals surface area contributed by atoms with E-state index in [0.29, 0.717) is 31.1 Å². The average Bonchev–Trinajstić information content (AvgIpc) is 3.16. The van der Waals surface area contributed by atoms with Crippen LogP contribution in [0.3, 0.4) is 0 Å². The lowest BCUT2D eigenvalue weighted by molar-refractivity contribution is -0.525. The SMILES string of the molecule is CC(C)C[C@H](NC(=O)[C@H](CCCN=C(N)N[N+](=O)[O-])CC(=O)CN)B1O[C@@H]2C[C@@H]3C[C@@H](C3(C)C)[C@]2(C)O1. The highest BCUT2D eigenvalue weighted by Crippen LogP contribution is 2.65. The first-order valence-electron chi connectivity index (χ1n) is 13.3. The van der Waals surface area contributed by atoms with Crippen LogP contribution >= 0.6 is 0 Å². The molecule has 3 saturated carbocycles. The van der Waals surface area contributed by atoms with Crippen LogP contribution in [0.25, 0.3) is 0 Å². The number of ketones is 1. The van der Waals surface area contributed by atoms with Crippen molar-refractivity contribution in [1.29, 1.82) is 0 Å². The van der Waals surface area contributed by atoms with Gasteiger partial charge in [-0.05, 0) is 62.2 Å². The summed E-state index contributed by atoms with van der Waals surface area (Å²) in [7, 11) is -0.556. The summed E-state index contributed by atoms with van der Waals surface area (Å²) in [5.74, 6) is -0.435. The third kappa shape index (κ3) is 6.61. The summed E-state index contributed by atoms with van der Waals surface area (Å²) in [6.07, 6.45) is 3.55. The predicted molar refractivity (Wildman–Crippen MR) is 140 cm³/mol. The molecule has 1 heterocycles. The third-order valence-electron chi connectivity index (χ3n) is 8.62. The minimum Gasteiger partial charge on any atom is -0.404 e. The van der Waals surface area contributed by atoms with E-state index >= 15 is 0 Å². The first-order valence-corrected chi connectivity index (χ1v) is 13.3. The van der Waals surface area contributed by atoms with Crippen molar-refractivity contribution in [2.24, 2.45) is 45.5 Å². The average molecular weight is 522 g/mol. The Morgan fingerprint density at radius 3 is 2.57 bits per heavy atom. The number of carbonyl (C=O) groups is 2. The van der Waals surface area contributed by atoms with E-state index in [1.54, 1.807) is 5.43 Å². The lowest BCUT2D eigenvalue weighted by Crippen LogP contribution is -2.65. The van der Waals surface area contributed by atoms with Gasteiger partial charge in [-0.2, -0.15) is 0 Å². The van der Waals surface area contributed by atoms with Gasteiger partial charge in [-0.3, -0.25) is 9.59 Å². The largest absolute Gasteiger partial charge is 0.481 e. The van der Waals surface area contributed by atoms with E-state index < -0.39 is 18.1 Å². The fourth-order valence-electron chi connectivity index (χ4n) is 6.47. The van der Waals surface area contributed by atoms with E-state index in [-0.39, 0.29) is 66.1 Å². The normalized spacial score (nSPS) is 29.8. The molecule has 208 valence electrons. The van der Waals surface area contributed by atoms with Gasteiger partial charge in [-0.1, -0.05) is 33.1 Å². The van der Waals surface area contributed by atoms with Crippen molar-refractivity contribution in [2.75, 3.05) is 13.1 Å². The van der Waals surface area contributed by atoms with Crippen LogP contribution in [0.4, 0.5) is 0 Å². The molecular weight excluding hydrogens is 479 g/mol. The molecule has 0 radical (unpaired) electrons. The summed E-state index contributed by atoms with van der Waals surface area (Å²) in [6, 6.07) is 0. The van der Waals surface area contributed by atoms with Crippen LogP contribution < -0.4 is 22.2 Å². The monoisotopic (exact) mass is 522 g/mol. The summed E-state index contributed by atoms with van der Waals surface area (Å²) < 4.78 is 13.1. The molecule has 1 saturated heterocycles. The Morgan fingerprint density at radius 1 is 1.27 bits per heavy atom. The van der Waals surface area contributed by atoms with Crippen molar-refractivity contribution in [3.05, 3.63) is 10.1 Å². The molecule has 0 aromatic heterocycles. The fraction of sp³-hybridized carbons (Fsp3) is 0.875. The number of amides is 1. The number of nitrogens with one attached hydrogen (secondary N) is 2. The Labute approximate surface area is 219 Å². The summed E-state index contributed by atoms with van der Waals surface area (Å²) in [5, 5.41) is 12.8. The highest BCUT2D eigenvalue weighted by Gasteiger charge is 2.68. The predicted octanol–water partition coefficient (Wildman–Crippen LogP) is 1.20. The first kappa shape index (κ1) is 29.3. The lowest BCUT2D eigenvalue weighted by atomic mass is 9.43. The number of guanidine groups is 1. The van der Waals surface area contributed by atoms with Gasteiger partial charge in [-0.25, -0.2) is 15.1 Å². The van der Waals surface area contributed by atoms with Gasteiger partial charge in [0.25, 0.3) is 5.96 Å². The smallest absolute Gasteiger partial charge is 0.404 e. The molecule has 6 N–H and O–H groups in total. The van der Waals surface area contributed by atoms with E-state index in [1.807, 2.05) is 0 Å². The van der Waals surface area contributed by atoms with Gasteiger partial charge in [0, 0.05) is 18.9 Å². The number of hydrogen-bond donors (Lipinski definition) is 4. The van der Waals surface area contributed by atoms with Crippen molar-refractivity contribution in [3.63, 3.8) is 0 Å². The van der Waals surface area contributed by atoms with Crippen LogP contribution in [-0.4, -0.2) is 60.5 Å². The Kier molecular flexibility index (Phi) is 9.23. The highest BCUT2D eigenvalue weighted by atomic mass is 16.7. The van der Waals surface area contributed by atoms with Crippen LogP contribution in [0.2, 0.25) is 0 Å². The molecular formula is C24H43BN6O6. The second kappa shape index (κ2) is 11.6. The van der Waals surface area contributed by atoms with Crippen LogP contribution in [0.1, 0.15) is 73.1 Å². The highest BCUT2D eigenvalue weighted by molar-refractivity contribution is 6.47. The molecule has 4 aliphatic rings. The number of aliphatic imine (C=N–C) groups is 1. The van der Waals surface area contributed by atoms with Crippen LogP contribution in [0.15, 0.2) is 4.99 Å². The molecule has 6 atom stereocenters. The van der Waals surface area contributed by atoms with E-state index in [0.717, 1.165) is 12.8 Å². The molecule has 0 unspecified atom stereocenters. The fourth-order valence-corrected chi connectivity index (χ4v) is 6.47. The molecule has 1 aliphatic heterocycles. The Morgan fingerprint density at radius 2 is 1.97 bits per heavy atom. The third-order valence-corrected chi connectivity index (χ3v) is 8.62. The lowest BCUT2D eigenvalue weighted by Gasteiger charge is -2.64. The topological polar surface area (TPSA) is 184 Å². The van der Waals surface area contributed by atoms with Gasteiger partial charge in [0.2, 0.25) is 5.91 Å². The quantitative estimate of drug-likeness (QED) is 0.0689. The van der Waals surface area contributed by atoms with Crippen molar-refractivity contribution in [3.8, 4) is 0 Å². The molecule has 37 heavy (non-hydrogen) atoms. The van der Waals surface area contributed by atoms with Crippen LogP contribution in [0, 0.1) is 39.2 Å². The maximum absolute atomic E-state index is 13.4. The van der Waals surface area contributed by atoms with Crippen molar-refractivity contribution in [1.82, 2.24) is 10.7 Å². The molecule has 4 fully saturated rings. The van der Waals surface area contributed by atoms with Gasteiger partial charge < -0.3 is 26.1 Å². The Balaban J connectivity index is 1.66. The maximum atomic E-state index is 13.4. The van der Waals surface area contributed by atoms with Crippen LogP contribution in [-0.2, 0) is 18.9 Å². The Hall–Kier alpha value is -2.25. The second-order valence-corrected chi connectivity index (χ2v) is 12.0. The number of Topliss-reactive ketones (excluding diaryl/α,β-unsaturated/α-hetero) is 1. The zero-order chi connectivity index (χ0) is 27.5. The summed E-state index contributed by atoms with van der Waals surface area (Å²) in [4.78, 5) is 39.9. The second-order valence-electron chi connectivity index (χ2n) is 12.0. The molecule has 13 heteroatoms. The summed E-state index contributed by atoms with van der Waals surface area (Å²) in [6.45, 7) is 11.0. The molecule has 0 aromatic rings. The molecule has 3 aliphatic carbocycles. The van der Waals surface area contributed by atoms with Crippen molar-refractivity contribution < 1.29 is 23.9 Å². The van der Waals surface area contributed by atoms with E-state index in [9.17, 15) is 19.7 Å². The molecule has 1 amide bonds. The zero-order valence-corrected chi connectivity index (χ0v) is 22.7. The van der Waals surface area contributed by atoms with Crippen LogP contribution in [0.5, 0.6) is 0 Å². The minimum atomic E-state index is -0.794. The number of hydrogen-bond acceptors (Lipinski definition) is 8. The minimum absolute atomic E-state index is 0.00606. The zero-order valence-electron chi connectivity index (χ0n) is 22.7. The number of nitrogens with zero attached hydrogens (tertiary/aromatic N) is 2. The maximum Gasteiger partial charge on any atom is 0.481 e. The van der Waals surface area contributed by atoms with Gasteiger partial charge >= 0.3 is 7.12 Å². The first-order chi connectivity index (χ1) is 17.3. The van der Waals surface area contributed by atoms with E-state index in [4.69, 9.17) is 20.8 Å². The Bertz CT molecular complexity index is 901. The molecule has 0 spiro atoms. The van der Waals surface area contributed by atoms with E-state index in [1.165, 1.54) is 0 Å². The van der Waals surface area contributed by atoms with Gasteiger partial charge in [0.05, 0.1) is 24.2 Å². The number of nitrogens with two attached hydrogens (primary N) is 2. The standard InChI is InChI=1S/C24H43BN6O6/c1-14(2)9-20(25-36-19-12-16-11-18(23(16,3)4)24(19,5)37-25)29-21(33)15(10-17(32)13-26)7-6-8-28-22(27)30-31(34)35/h14-16,18-20H,6-13,26H2,1-5H3,(H,29,33)(H3,27,28,30)/t15-,16+,18+,19-,20+,24+/m1/s1.